The van der Waals surface area contributed by atoms with E-state index in [1.165, 1.54) is 0 Å². The summed E-state index contributed by atoms with van der Waals surface area (Å²) in [5.74, 6) is 1.56. The molecule has 2 aromatic heterocycles. The third kappa shape index (κ3) is 3.13. The molecule has 2 heterocycles. The minimum atomic E-state index is 0.353. The van der Waals surface area contributed by atoms with Gasteiger partial charge in [-0.3, -0.25) is 0 Å². The van der Waals surface area contributed by atoms with Crippen LogP contribution in [0, 0.1) is 0 Å². The van der Waals surface area contributed by atoms with Crippen LogP contribution in [0.5, 0.6) is 5.75 Å². The Morgan fingerprint density at radius 2 is 1.79 bits per heavy atom. The second-order valence-electron chi connectivity index (χ2n) is 6.41. The number of halogens is 1. The zero-order chi connectivity index (χ0) is 19.8. The maximum absolute atomic E-state index is 6.03. The van der Waals surface area contributed by atoms with E-state index in [2.05, 4.69) is 10.1 Å². The molecule has 6 nitrogen and oxygen atoms in total. The Bertz CT molecular complexity index is 1310. The molecule has 3 aromatic carbocycles. The van der Waals surface area contributed by atoms with Crippen molar-refractivity contribution in [2.45, 2.75) is 0 Å². The fourth-order valence-electron chi connectivity index (χ4n) is 3.20. The molecule has 0 unspecified atom stereocenters. The zero-order valence-electron chi connectivity index (χ0n) is 15.4. The topological polar surface area (TPSA) is 66.0 Å². The van der Waals surface area contributed by atoms with Crippen LogP contribution < -0.4 is 4.74 Å². The van der Waals surface area contributed by atoms with Crippen LogP contribution in [-0.2, 0) is 0 Å². The molecule has 0 fully saturated rings. The Kier molecular flexibility index (Phi) is 4.26. The quantitative estimate of drug-likeness (QED) is 0.402. The van der Waals surface area contributed by atoms with Crippen molar-refractivity contribution in [1.29, 1.82) is 0 Å². The largest absolute Gasteiger partial charge is 0.497 e. The van der Waals surface area contributed by atoms with Gasteiger partial charge in [-0.25, -0.2) is 4.68 Å². The summed E-state index contributed by atoms with van der Waals surface area (Å²) in [5.41, 5.74) is 3.26. The number of rotatable bonds is 4. The van der Waals surface area contributed by atoms with Crippen LogP contribution in [0.2, 0.25) is 5.02 Å². The number of ether oxygens (including phenoxy) is 1. The van der Waals surface area contributed by atoms with E-state index in [1.807, 2.05) is 77.5 Å². The van der Waals surface area contributed by atoms with Gasteiger partial charge < -0.3 is 9.26 Å². The van der Waals surface area contributed by atoms with E-state index < -0.39 is 0 Å². The summed E-state index contributed by atoms with van der Waals surface area (Å²) in [6.45, 7) is 0. The van der Waals surface area contributed by atoms with Gasteiger partial charge in [0.05, 0.1) is 18.3 Å². The summed E-state index contributed by atoms with van der Waals surface area (Å²) in [6, 6.07) is 22.9. The van der Waals surface area contributed by atoms with Crippen LogP contribution >= 0.6 is 11.6 Å². The van der Waals surface area contributed by atoms with E-state index in [9.17, 15) is 0 Å². The number of methoxy groups -OCH3 is 1. The van der Waals surface area contributed by atoms with Gasteiger partial charge in [-0.1, -0.05) is 47.1 Å². The number of benzene rings is 3. The smallest absolute Gasteiger partial charge is 0.279 e. The van der Waals surface area contributed by atoms with Gasteiger partial charge in [-0.05, 0) is 42.5 Å². The third-order valence-corrected chi connectivity index (χ3v) is 4.87. The lowest BCUT2D eigenvalue weighted by molar-refractivity contribution is 0.414. The van der Waals surface area contributed by atoms with Gasteiger partial charge in [0, 0.05) is 16.0 Å². The van der Waals surface area contributed by atoms with Crippen molar-refractivity contribution in [2.24, 2.45) is 0 Å². The second kappa shape index (κ2) is 7.07. The van der Waals surface area contributed by atoms with Crippen molar-refractivity contribution < 1.29 is 9.26 Å². The number of fused-ring (bicyclic) bond motifs is 1. The van der Waals surface area contributed by atoms with Crippen molar-refractivity contribution in [3.05, 3.63) is 77.8 Å². The molecule has 0 spiro atoms. The lowest BCUT2D eigenvalue weighted by atomic mass is 10.2. The van der Waals surface area contributed by atoms with Gasteiger partial charge in [0.25, 0.3) is 5.89 Å². The van der Waals surface area contributed by atoms with Gasteiger partial charge in [0.15, 0.2) is 5.69 Å². The van der Waals surface area contributed by atoms with Crippen LogP contribution in [0.1, 0.15) is 0 Å². The molecular weight excluding hydrogens is 388 g/mol. The molecule has 0 amide bonds. The normalized spacial score (nSPS) is 11.1. The Morgan fingerprint density at radius 3 is 2.62 bits per heavy atom. The Labute approximate surface area is 171 Å². The van der Waals surface area contributed by atoms with Gasteiger partial charge in [0.1, 0.15) is 5.75 Å². The molecule has 0 aliphatic heterocycles. The Morgan fingerprint density at radius 1 is 0.966 bits per heavy atom. The highest BCUT2D eigenvalue weighted by Gasteiger charge is 2.19. The highest BCUT2D eigenvalue weighted by atomic mass is 35.5. The van der Waals surface area contributed by atoms with Crippen LogP contribution in [0.3, 0.4) is 0 Å². The lowest BCUT2D eigenvalue weighted by Gasteiger charge is -2.02. The first-order valence-corrected chi connectivity index (χ1v) is 9.33. The van der Waals surface area contributed by atoms with Crippen LogP contribution in [0.25, 0.3) is 39.6 Å². The Hall–Kier alpha value is -3.64. The third-order valence-electron chi connectivity index (χ3n) is 4.62. The number of hydrogen-bond donors (Lipinski definition) is 0. The molecule has 0 N–H and O–H groups in total. The van der Waals surface area contributed by atoms with Crippen molar-refractivity contribution in [3.63, 3.8) is 0 Å². The van der Waals surface area contributed by atoms with E-state index in [-0.39, 0.29) is 0 Å². The van der Waals surface area contributed by atoms with E-state index in [1.54, 1.807) is 7.11 Å². The van der Waals surface area contributed by atoms with Crippen molar-refractivity contribution in [1.82, 2.24) is 19.9 Å². The molecule has 0 saturated heterocycles. The molecule has 0 radical (unpaired) electrons. The molecule has 29 heavy (non-hydrogen) atoms. The van der Waals surface area contributed by atoms with Crippen LogP contribution in [0.15, 0.2) is 77.3 Å². The molecule has 142 valence electrons. The highest BCUT2D eigenvalue weighted by molar-refractivity contribution is 6.30. The summed E-state index contributed by atoms with van der Waals surface area (Å²) >= 11 is 6.03. The standard InChI is InChI=1S/C22H15ClN4O2/c1-28-17-6-4-5-14(13-17)21-24-22(29-26-21)20-18-7-2-3-8-19(18)27(25-20)16-11-9-15(23)10-12-16/h2-13H,1H3. The van der Waals surface area contributed by atoms with E-state index in [4.69, 9.17) is 26.0 Å². The first-order valence-electron chi connectivity index (χ1n) is 8.95. The molecule has 0 saturated carbocycles. The second-order valence-corrected chi connectivity index (χ2v) is 6.85. The van der Waals surface area contributed by atoms with Crippen LogP contribution in [-0.4, -0.2) is 27.0 Å². The van der Waals surface area contributed by atoms with Gasteiger partial charge in [-0.15, -0.1) is 0 Å². The minimum absolute atomic E-state index is 0.353. The summed E-state index contributed by atoms with van der Waals surface area (Å²) in [6.07, 6.45) is 0. The summed E-state index contributed by atoms with van der Waals surface area (Å²) < 4.78 is 12.7. The van der Waals surface area contributed by atoms with E-state index in [0.717, 1.165) is 27.9 Å². The van der Waals surface area contributed by atoms with Gasteiger partial charge in [-0.2, -0.15) is 10.1 Å². The Balaban J connectivity index is 1.63. The average Bonchev–Trinajstić information content (AvgIpc) is 3.40. The lowest BCUT2D eigenvalue weighted by Crippen LogP contribution is -1.96. The van der Waals surface area contributed by atoms with Crippen LogP contribution in [0.4, 0.5) is 0 Å². The maximum atomic E-state index is 6.03. The number of aromatic nitrogens is 4. The number of nitrogens with zero attached hydrogens (tertiary/aromatic N) is 4. The number of hydrogen-bond acceptors (Lipinski definition) is 5. The molecule has 7 heteroatoms. The van der Waals surface area contributed by atoms with Gasteiger partial charge in [0.2, 0.25) is 5.82 Å². The first kappa shape index (κ1) is 17.5. The highest BCUT2D eigenvalue weighted by Crippen LogP contribution is 2.31. The summed E-state index contributed by atoms with van der Waals surface area (Å²) in [5, 5.41) is 10.5. The molecule has 5 aromatic rings. The van der Waals surface area contributed by atoms with Gasteiger partial charge >= 0.3 is 0 Å². The predicted molar refractivity (Wildman–Crippen MR) is 111 cm³/mol. The molecule has 5 rings (SSSR count). The molecule has 0 aliphatic carbocycles. The van der Waals surface area contributed by atoms with E-state index in [0.29, 0.717) is 22.4 Å². The van der Waals surface area contributed by atoms with Crippen molar-refractivity contribution >= 4 is 22.5 Å². The fraction of sp³-hybridized carbons (Fsp3) is 0.0455. The molecule has 0 bridgehead atoms. The maximum Gasteiger partial charge on any atom is 0.279 e. The summed E-state index contributed by atoms with van der Waals surface area (Å²) in [7, 11) is 1.62. The monoisotopic (exact) mass is 402 g/mol. The molecule has 0 atom stereocenters. The average molecular weight is 403 g/mol. The van der Waals surface area contributed by atoms with Crippen molar-refractivity contribution in [3.8, 4) is 34.4 Å². The van der Waals surface area contributed by atoms with E-state index >= 15 is 0 Å². The summed E-state index contributed by atoms with van der Waals surface area (Å²) in [4.78, 5) is 4.57. The van der Waals surface area contributed by atoms with Crippen molar-refractivity contribution in [2.75, 3.05) is 7.11 Å². The molecular formula is C22H15ClN4O2. The minimum Gasteiger partial charge on any atom is -0.497 e. The zero-order valence-corrected chi connectivity index (χ0v) is 16.2. The SMILES string of the molecule is COc1cccc(-c2noc(-c3nn(-c4ccc(Cl)cc4)c4ccccc34)n2)c1. The first-order chi connectivity index (χ1) is 14.2. The fourth-order valence-corrected chi connectivity index (χ4v) is 3.33. The predicted octanol–water partition coefficient (Wildman–Crippen LogP) is 5.40. The molecule has 0 aliphatic rings. The number of para-hydroxylation sites is 1.